The van der Waals surface area contributed by atoms with E-state index in [0.717, 1.165) is 43.1 Å². The Labute approximate surface area is 107 Å². The summed E-state index contributed by atoms with van der Waals surface area (Å²) in [4.78, 5) is 0. The predicted octanol–water partition coefficient (Wildman–Crippen LogP) is 2.82. The molecule has 88 valence electrons. The molecule has 0 bridgehead atoms. The van der Waals surface area contributed by atoms with Gasteiger partial charge in [0.1, 0.15) is 11.4 Å². The minimum Gasteiger partial charge on any atom is -0.487 e. The van der Waals surface area contributed by atoms with Crippen LogP contribution in [0.1, 0.15) is 18.4 Å². The third kappa shape index (κ3) is 2.02. The highest BCUT2D eigenvalue weighted by Crippen LogP contribution is 2.40. The molecule has 0 aromatic heterocycles. The van der Waals surface area contributed by atoms with Gasteiger partial charge in [-0.25, -0.2) is 0 Å². The lowest BCUT2D eigenvalue weighted by molar-refractivity contribution is 0.0600. The molecule has 0 amide bonds. The van der Waals surface area contributed by atoms with Crippen molar-refractivity contribution in [2.24, 2.45) is 0 Å². The quantitative estimate of drug-likeness (QED) is 0.774. The Balaban J connectivity index is 0.000000963. The van der Waals surface area contributed by atoms with Crippen LogP contribution in [0.25, 0.3) is 0 Å². The second-order valence-electron chi connectivity index (χ2n) is 4.46. The van der Waals surface area contributed by atoms with Crippen molar-refractivity contribution < 1.29 is 4.74 Å². The Morgan fingerprint density at radius 1 is 1.25 bits per heavy atom. The first kappa shape index (κ1) is 12.0. The smallest absolute Gasteiger partial charge is 0.123 e. The number of hydrogen-bond acceptors (Lipinski definition) is 2. The molecule has 0 aliphatic carbocycles. The molecule has 0 saturated carbocycles. The zero-order chi connectivity index (χ0) is 10.3. The lowest BCUT2D eigenvalue weighted by Crippen LogP contribution is -2.45. The third-order valence-corrected chi connectivity index (χ3v) is 3.61. The summed E-state index contributed by atoms with van der Waals surface area (Å²) in [6.07, 6.45) is 3.21. The molecule has 2 nitrogen and oxygen atoms in total. The van der Waals surface area contributed by atoms with Crippen LogP contribution in [0.4, 0.5) is 0 Å². The summed E-state index contributed by atoms with van der Waals surface area (Å²) in [5.74, 6) is 1.03. The van der Waals surface area contributed by atoms with Crippen LogP contribution >= 0.6 is 24.0 Å². The third-order valence-electron chi connectivity index (χ3n) is 3.38. The van der Waals surface area contributed by atoms with E-state index in [0.29, 0.717) is 0 Å². The number of hydrogen-bond donors (Lipinski definition) is 1. The summed E-state index contributed by atoms with van der Waals surface area (Å²) in [7, 11) is 0. The van der Waals surface area contributed by atoms with Gasteiger partial charge in [0.05, 0.1) is 0 Å². The lowest BCUT2D eigenvalue weighted by atomic mass is 9.88. The van der Waals surface area contributed by atoms with Gasteiger partial charge in [0, 0.05) is 11.4 Å². The van der Waals surface area contributed by atoms with Crippen molar-refractivity contribution >= 4 is 24.0 Å². The SMILES string of the molecule is Cl.Clc1ccc2c(c1)CC1(CCNCC1)O2. The molecule has 0 unspecified atom stereocenters. The van der Waals surface area contributed by atoms with Crippen LogP contribution in [-0.2, 0) is 6.42 Å². The molecule has 0 radical (unpaired) electrons. The normalized spacial score (nSPS) is 21.1. The van der Waals surface area contributed by atoms with Gasteiger partial charge in [-0.2, -0.15) is 0 Å². The fourth-order valence-electron chi connectivity index (χ4n) is 2.56. The zero-order valence-electron chi connectivity index (χ0n) is 8.96. The van der Waals surface area contributed by atoms with E-state index >= 15 is 0 Å². The van der Waals surface area contributed by atoms with Crippen molar-refractivity contribution in [3.63, 3.8) is 0 Å². The van der Waals surface area contributed by atoms with Crippen LogP contribution in [0.2, 0.25) is 5.02 Å². The molecule has 2 aliphatic heterocycles. The molecule has 2 heterocycles. The average Bonchev–Trinajstić information content (AvgIpc) is 2.56. The molecule has 1 saturated heterocycles. The topological polar surface area (TPSA) is 21.3 Å². The minimum absolute atomic E-state index is 0. The Morgan fingerprint density at radius 2 is 2.00 bits per heavy atom. The summed E-state index contributed by atoms with van der Waals surface area (Å²) in [5, 5.41) is 4.18. The molecule has 3 rings (SSSR count). The number of nitrogens with one attached hydrogen (secondary N) is 1. The van der Waals surface area contributed by atoms with Crippen LogP contribution in [0.3, 0.4) is 0 Å². The largest absolute Gasteiger partial charge is 0.487 e. The molecular formula is C12H15Cl2NO. The van der Waals surface area contributed by atoms with Gasteiger partial charge in [-0.1, -0.05) is 11.6 Å². The highest BCUT2D eigenvalue weighted by Gasteiger charge is 2.40. The van der Waals surface area contributed by atoms with Gasteiger partial charge in [0.25, 0.3) is 0 Å². The fraction of sp³-hybridized carbons (Fsp3) is 0.500. The van der Waals surface area contributed by atoms with E-state index < -0.39 is 0 Å². The van der Waals surface area contributed by atoms with Crippen LogP contribution in [-0.4, -0.2) is 18.7 Å². The molecule has 1 aromatic carbocycles. The van der Waals surface area contributed by atoms with Crippen molar-refractivity contribution in [2.75, 3.05) is 13.1 Å². The molecule has 1 spiro atoms. The lowest BCUT2D eigenvalue weighted by Gasteiger charge is -2.33. The Morgan fingerprint density at radius 3 is 2.75 bits per heavy atom. The number of halogens is 2. The van der Waals surface area contributed by atoms with Gasteiger partial charge >= 0.3 is 0 Å². The highest BCUT2D eigenvalue weighted by molar-refractivity contribution is 6.30. The predicted molar refractivity (Wildman–Crippen MR) is 67.9 cm³/mol. The second kappa shape index (κ2) is 4.44. The average molecular weight is 260 g/mol. The van der Waals surface area contributed by atoms with Gasteiger partial charge in [0.2, 0.25) is 0 Å². The summed E-state index contributed by atoms with van der Waals surface area (Å²) >= 11 is 5.98. The molecule has 4 heteroatoms. The zero-order valence-corrected chi connectivity index (χ0v) is 10.5. The molecular weight excluding hydrogens is 245 g/mol. The van der Waals surface area contributed by atoms with Gasteiger partial charge in [-0.3, -0.25) is 0 Å². The fourth-order valence-corrected chi connectivity index (χ4v) is 2.76. The Bertz CT molecular complexity index is 389. The number of benzene rings is 1. The minimum atomic E-state index is 0. The maximum atomic E-state index is 6.09. The second-order valence-corrected chi connectivity index (χ2v) is 4.90. The monoisotopic (exact) mass is 259 g/mol. The number of ether oxygens (including phenoxy) is 1. The first-order valence-electron chi connectivity index (χ1n) is 5.46. The summed E-state index contributed by atoms with van der Waals surface area (Å²) in [6.45, 7) is 2.11. The number of piperidine rings is 1. The molecule has 16 heavy (non-hydrogen) atoms. The van der Waals surface area contributed by atoms with E-state index in [4.69, 9.17) is 16.3 Å². The number of fused-ring (bicyclic) bond motifs is 1. The van der Waals surface area contributed by atoms with Crippen molar-refractivity contribution in [1.29, 1.82) is 0 Å². The van der Waals surface area contributed by atoms with E-state index in [9.17, 15) is 0 Å². The highest BCUT2D eigenvalue weighted by atomic mass is 35.5. The van der Waals surface area contributed by atoms with Gasteiger partial charge in [0.15, 0.2) is 0 Å². The number of rotatable bonds is 0. The Kier molecular flexibility index (Phi) is 3.34. The van der Waals surface area contributed by atoms with Crippen molar-refractivity contribution in [3.8, 4) is 5.75 Å². The summed E-state index contributed by atoms with van der Waals surface area (Å²) < 4.78 is 6.09. The van der Waals surface area contributed by atoms with Gasteiger partial charge in [-0.05, 0) is 49.7 Å². The van der Waals surface area contributed by atoms with E-state index in [1.165, 1.54) is 5.56 Å². The van der Waals surface area contributed by atoms with Crippen LogP contribution in [0, 0.1) is 0 Å². The Hall–Kier alpha value is -0.440. The molecule has 0 atom stereocenters. The first-order chi connectivity index (χ1) is 7.27. The summed E-state index contributed by atoms with van der Waals surface area (Å²) in [5.41, 5.74) is 1.32. The van der Waals surface area contributed by atoms with Crippen LogP contribution in [0.15, 0.2) is 18.2 Å². The van der Waals surface area contributed by atoms with Crippen molar-refractivity contribution in [2.45, 2.75) is 24.9 Å². The van der Waals surface area contributed by atoms with Crippen LogP contribution < -0.4 is 10.1 Å². The first-order valence-corrected chi connectivity index (χ1v) is 5.83. The van der Waals surface area contributed by atoms with Crippen molar-refractivity contribution in [1.82, 2.24) is 5.32 Å². The van der Waals surface area contributed by atoms with Gasteiger partial charge in [-0.15, -0.1) is 12.4 Å². The molecule has 1 N–H and O–H groups in total. The van der Waals surface area contributed by atoms with Crippen molar-refractivity contribution in [3.05, 3.63) is 28.8 Å². The summed E-state index contributed by atoms with van der Waals surface area (Å²) in [6, 6.07) is 5.93. The molecule has 2 aliphatic rings. The van der Waals surface area contributed by atoms with Gasteiger partial charge < -0.3 is 10.1 Å². The maximum Gasteiger partial charge on any atom is 0.123 e. The van der Waals surface area contributed by atoms with E-state index in [1.807, 2.05) is 18.2 Å². The molecule has 1 fully saturated rings. The van der Waals surface area contributed by atoms with E-state index in [1.54, 1.807) is 0 Å². The molecule has 1 aromatic rings. The standard InChI is InChI=1S/C12H14ClNO.ClH/c13-10-1-2-11-9(7-10)8-12(15-11)3-5-14-6-4-12;/h1-2,7,14H,3-6,8H2;1H. The van der Waals surface area contributed by atoms with E-state index in [-0.39, 0.29) is 18.0 Å². The maximum absolute atomic E-state index is 6.09. The van der Waals surface area contributed by atoms with E-state index in [2.05, 4.69) is 5.32 Å². The van der Waals surface area contributed by atoms with Crippen LogP contribution in [0.5, 0.6) is 5.75 Å².